The van der Waals surface area contributed by atoms with Gasteiger partial charge in [-0.05, 0) is 37.1 Å². The van der Waals surface area contributed by atoms with Gasteiger partial charge >= 0.3 is 0 Å². The van der Waals surface area contributed by atoms with Gasteiger partial charge in [-0.2, -0.15) is 0 Å². The number of aliphatic hydroxyl groups excluding tert-OH is 1. The minimum absolute atomic E-state index is 0.209. The quantitative estimate of drug-likeness (QED) is 0.689. The van der Waals surface area contributed by atoms with Crippen LogP contribution < -0.4 is 10.2 Å². The fourth-order valence-corrected chi connectivity index (χ4v) is 2.50. The summed E-state index contributed by atoms with van der Waals surface area (Å²) >= 11 is 0. The normalized spacial score (nSPS) is 12.4. The fraction of sp³-hybridized carbons (Fsp3) is 0.647. The van der Waals surface area contributed by atoms with Crippen molar-refractivity contribution in [1.82, 2.24) is 5.32 Å². The molecule has 0 amide bonds. The number of rotatable bonds is 10. The van der Waals surface area contributed by atoms with Gasteiger partial charge < -0.3 is 15.3 Å². The largest absolute Gasteiger partial charge is 0.395 e. The summed E-state index contributed by atoms with van der Waals surface area (Å²) in [6.45, 7) is 9.48. The number of benzene rings is 1. The van der Waals surface area contributed by atoms with E-state index in [9.17, 15) is 5.11 Å². The SMILES string of the molecule is CCCCN(CCO)c1ccc(C(CC)NCC)cc1. The van der Waals surface area contributed by atoms with E-state index in [1.54, 1.807) is 0 Å². The van der Waals surface area contributed by atoms with Crippen molar-refractivity contribution in [2.75, 3.05) is 31.1 Å². The maximum absolute atomic E-state index is 9.20. The molecular formula is C17H30N2O. The Hall–Kier alpha value is -1.06. The van der Waals surface area contributed by atoms with E-state index < -0.39 is 0 Å². The van der Waals surface area contributed by atoms with Crippen LogP contribution in [0.5, 0.6) is 0 Å². The van der Waals surface area contributed by atoms with Gasteiger partial charge in [0.2, 0.25) is 0 Å². The molecule has 0 fully saturated rings. The Morgan fingerprint density at radius 2 is 1.80 bits per heavy atom. The van der Waals surface area contributed by atoms with Crippen molar-refractivity contribution in [2.24, 2.45) is 0 Å². The van der Waals surface area contributed by atoms with Crippen molar-refractivity contribution in [2.45, 2.75) is 46.1 Å². The Balaban J connectivity index is 2.75. The van der Waals surface area contributed by atoms with Gasteiger partial charge in [-0.1, -0.05) is 39.3 Å². The van der Waals surface area contributed by atoms with Crippen LogP contribution in [0.1, 0.15) is 51.6 Å². The van der Waals surface area contributed by atoms with Crippen molar-refractivity contribution >= 4 is 5.69 Å². The van der Waals surface area contributed by atoms with Crippen molar-refractivity contribution in [1.29, 1.82) is 0 Å². The Labute approximate surface area is 124 Å². The molecule has 0 bridgehead atoms. The van der Waals surface area contributed by atoms with Gasteiger partial charge in [0.25, 0.3) is 0 Å². The lowest BCUT2D eigenvalue weighted by Crippen LogP contribution is -2.27. The third-order valence-electron chi connectivity index (χ3n) is 3.67. The topological polar surface area (TPSA) is 35.5 Å². The van der Waals surface area contributed by atoms with Gasteiger partial charge in [0.1, 0.15) is 0 Å². The molecule has 0 radical (unpaired) electrons. The van der Waals surface area contributed by atoms with Gasteiger partial charge in [0.05, 0.1) is 6.61 Å². The molecule has 0 aliphatic heterocycles. The van der Waals surface area contributed by atoms with E-state index in [1.165, 1.54) is 17.7 Å². The van der Waals surface area contributed by atoms with Gasteiger partial charge in [0.15, 0.2) is 0 Å². The fourth-order valence-electron chi connectivity index (χ4n) is 2.50. The van der Waals surface area contributed by atoms with E-state index in [0.29, 0.717) is 12.6 Å². The van der Waals surface area contributed by atoms with Gasteiger partial charge in [-0.25, -0.2) is 0 Å². The van der Waals surface area contributed by atoms with Crippen molar-refractivity contribution in [3.05, 3.63) is 29.8 Å². The maximum Gasteiger partial charge on any atom is 0.0606 e. The molecule has 0 aliphatic rings. The first-order chi connectivity index (χ1) is 9.76. The van der Waals surface area contributed by atoms with E-state index in [-0.39, 0.29) is 6.61 Å². The molecule has 0 saturated heterocycles. The molecule has 0 saturated carbocycles. The number of nitrogens with one attached hydrogen (secondary N) is 1. The van der Waals surface area contributed by atoms with Gasteiger partial charge in [-0.15, -0.1) is 0 Å². The van der Waals surface area contributed by atoms with Gasteiger partial charge in [-0.3, -0.25) is 0 Å². The van der Waals surface area contributed by atoms with Crippen LogP contribution in [0.4, 0.5) is 5.69 Å². The number of unbranched alkanes of at least 4 members (excludes halogenated alkanes) is 1. The molecule has 114 valence electrons. The molecular weight excluding hydrogens is 248 g/mol. The predicted octanol–water partition coefficient (Wildman–Crippen LogP) is 3.35. The molecule has 0 aromatic heterocycles. The molecule has 1 aromatic rings. The predicted molar refractivity (Wildman–Crippen MR) is 87.4 cm³/mol. The highest BCUT2D eigenvalue weighted by atomic mass is 16.3. The van der Waals surface area contributed by atoms with E-state index in [0.717, 1.165) is 25.9 Å². The lowest BCUT2D eigenvalue weighted by molar-refractivity contribution is 0.301. The average molecular weight is 278 g/mol. The first-order valence-electron chi connectivity index (χ1n) is 7.95. The average Bonchev–Trinajstić information content (AvgIpc) is 2.49. The molecule has 0 heterocycles. The van der Waals surface area contributed by atoms with Crippen LogP contribution in [0.3, 0.4) is 0 Å². The summed E-state index contributed by atoms with van der Waals surface area (Å²) in [5, 5.41) is 12.7. The molecule has 1 aromatic carbocycles. The van der Waals surface area contributed by atoms with E-state index in [4.69, 9.17) is 0 Å². The van der Waals surface area contributed by atoms with Crippen molar-refractivity contribution < 1.29 is 5.11 Å². The third kappa shape index (κ3) is 5.14. The Morgan fingerprint density at radius 1 is 1.10 bits per heavy atom. The summed E-state index contributed by atoms with van der Waals surface area (Å²) in [5.74, 6) is 0. The van der Waals surface area contributed by atoms with Crippen molar-refractivity contribution in [3.63, 3.8) is 0 Å². The van der Waals surface area contributed by atoms with E-state index in [1.807, 2.05) is 0 Å². The molecule has 3 heteroatoms. The van der Waals surface area contributed by atoms with Crippen LogP contribution in [0.2, 0.25) is 0 Å². The molecule has 2 N–H and O–H groups in total. The first-order valence-corrected chi connectivity index (χ1v) is 7.95. The second-order valence-electron chi connectivity index (χ2n) is 5.17. The minimum Gasteiger partial charge on any atom is -0.395 e. The zero-order valence-electron chi connectivity index (χ0n) is 13.2. The summed E-state index contributed by atoms with van der Waals surface area (Å²) in [6, 6.07) is 9.22. The number of nitrogens with zero attached hydrogens (tertiary/aromatic N) is 1. The lowest BCUT2D eigenvalue weighted by Gasteiger charge is -2.25. The standard InChI is InChI=1S/C17H30N2O/c1-4-7-12-19(13-14-20)16-10-8-15(9-11-16)17(5-2)18-6-3/h8-11,17-18,20H,4-7,12-14H2,1-3H3. The Kier molecular flexibility index (Phi) is 8.31. The van der Waals surface area contributed by atoms with E-state index >= 15 is 0 Å². The van der Waals surface area contributed by atoms with Crippen LogP contribution >= 0.6 is 0 Å². The first kappa shape index (κ1) is 17.0. The van der Waals surface area contributed by atoms with Crippen LogP contribution in [0, 0.1) is 0 Å². The molecule has 1 rings (SSSR count). The highest BCUT2D eigenvalue weighted by molar-refractivity contribution is 5.48. The summed E-state index contributed by atoms with van der Waals surface area (Å²) in [5.41, 5.74) is 2.56. The second-order valence-corrected chi connectivity index (χ2v) is 5.17. The summed E-state index contributed by atoms with van der Waals surface area (Å²) in [4.78, 5) is 2.27. The Morgan fingerprint density at radius 3 is 2.30 bits per heavy atom. The minimum atomic E-state index is 0.209. The third-order valence-corrected chi connectivity index (χ3v) is 3.67. The Bertz CT molecular complexity index is 351. The summed E-state index contributed by atoms with van der Waals surface area (Å²) < 4.78 is 0. The highest BCUT2D eigenvalue weighted by Crippen LogP contribution is 2.21. The summed E-state index contributed by atoms with van der Waals surface area (Å²) in [7, 11) is 0. The molecule has 20 heavy (non-hydrogen) atoms. The number of hydrogen-bond donors (Lipinski definition) is 2. The molecule has 1 unspecified atom stereocenters. The zero-order chi connectivity index (χ0) is 14.8. The van der Waals surface area contributed by atoms with Crippen LogP contribution in [-0.2, 0) is 0 Å². The van der Waals surface area contributed by atoms with Crippen LogP contribution in [-0.4, -0.2) is 31.3 Å². The van der Waals surface area contributed by atoms with E-state index in [2.05, 4.69) is 55.3 Å². The zero-order valence-corrected chi connectivity index (χ0v) is 13.2. The van der Waals surface area contributed by atoms with Crippen LogP contribution in [0.15, 0.2) is 24.3 Å². The molecule has 0 spiro atoms. The summed E-state index contributed by atoms with van der Waals surface area (Å²) in [6.07, 6.45) is 3.44. The second kappa shape index (κ2) is 9.78. The molecule has 3 nitrogen and oxygen atoms in total. The number of anilines is 1. The maximum atomic E-state index is 9.20. The smallest absolute Gasteiger partial charge is 0.0606 e. The highest BCUT2D eigenvalue weighted by Gasteiger charge is 2.09. The molecule has 1 atom stereocenters. The van der Waals surface area contributed by atoms with Gasteiger partial charge in [0, 0.05) is 24.8 Å². The number of aliphatic hydroxyl groups is 1. The molecule has 0 aliphatic carbocycles. The lowest BCUT2D eigenvalue weighted by atomic mass is 10.0. The number of hydrogen-bond acceptors (Lipinski definition) is 3. The van der Waals surface area contributed by atoms with Crippen molar-refractivity contribution in [3.8, 4) is 0 Å². The van der Waals surface area contributed by atoms with Crippen LogP contribution in [0.25, 0.3) is 0 Å². The monoisotopic (exact) mass is 278 g/mol.